The summed E-state index contributed by atoms with van der Waals surface area (Å²) in [6.45, 7) is 0.411. The molecule has 3 N–H and O–H groups in total. The van der Waals surface area contributed by atoms with E-state index in [0.29, 0.717) is 31.1 Å². The zero-order chi connectivity index (χ0) is 34.0. The first-order valence-electron chi connectivity index (χ1n) is 16.9. The van der Waals surface area contributed by atoms with E-state index in [1.807, 2.05) is 36.4 Å². The normalized spacial score (nSPS) is 26.2. The second-order valence-corrected chi connectivity index (χ2v) is 13.7. The molecule has 9 nitrogen and oxygen atoms in total. The van der Waals surface area contributed by atoms with Crippen LogP contribution in [0.5, 0.6) is 17.2 Å². The molecule has 4 aromatic rings. The van der Waals surface area contributed by atoms with Gasteiger partial charge in [0.25, 0.3) is 0 Å². The highest BCUT2D eigenvalue weighted by Crippen LogP contribution is 2.58. The Balaban J connectivity index is 1.16. The number of likely N-dealkylation sites (tertiary alicyclic amines) is 2. The number of carbonyl (C=O) groups is 4. The van der Waals surface area contributed by atoms with Crippen molar-refractivity contribution in [2.75, 3.05) is 13.1 Å². The predicted molar refractivity (Wildman–Crippen MR) is 180 cm³/mol. The van der Waals surface area contributed by atoms with Crippen LogP contribution in [0, 0.1) is 29.6 Å². The minimum absolute atomic E-state index is 0.117. The Morgan fingerprint density at radius 2 is 1.12 bits per heavy atom. The Morgan fingerprint density at radius 3 is 1.73 bits per heavy atom. The molecule has 6 atom stereocenters. The Kier molecular flexibility index (Phi) is 7.50. The molecule has 2 aliphatic carbocycles. The van der Waals surface area contributed by atoms with Crippen LogP contribution >= 0.6 is 0 Å². The van der Waals surface area contributed by atoms with Crippen molar-refractivity contribution < 1.29 is 34.5 Å². The Labute approximate surface area is 283 Å². The van der Waals surface area contributed by atoms with Gasteiger partial charge in [-0.25, -0.2) is 0 Å². The summed E-state index contributed by atoms with van der Waals surface area (Å²) < 4.78 is 0. The first-order chi connectivity index (χ1) is 23.7. The van der Waals surface area contributed by atoms with E-state index in [9.17, 15) is 34.5 Å². The quantitative estimate of drug-likeness (QED) is 0.187. The fourth-order valence-electron chi connectivity index (χ4n) is 8.89. The van der Waals surface area contributed by atoms with Crippen LogP contribution in [0.25, 0.3) is 10.8 Å². The highest BCUT2D eigenvalue weighted by atomic mass is 16.3. The molecule has 4 aromatic carbocycles. The van der Waals surface area contributed by atoms with Crippen LogP contribution in [0.15, 0.2) is 96.6 Å². The largest absolute Gasteiger partial charge is 0.508 e. The van der Waals surface area contributed by atoms with Crippen molar-refractivity contribution in [3.8, 4) is 17.2 Å². The zero-order valence-electron chi connectivity index (χ0n) is 26.7. The molecule has 49 heavy (non-hydrogen) atoms. The average Bonchev–Trinajstić information content (AvgIpc) is 3.50. The predicted octanol–water partition coefficient (Wildman–Crippen LogP) is 5.08. The van der Waals surface area contributed by atoms with Crippen LogP contribution in [-0.4, -0.2) is 61.8 Å². The molecule has 4 amide bonds. The lowest BCUT2D eigenvalue weighted by molar-refractivity contribution is -0.142. The van der Waals surface area contributed by atoms with Crippen LogP contribution in [0.3, 0.4) is 0 Å². The summed E-state index contributed by atoms with van der Waals surface area (Å²) in [5.41, 5.74) is 3.52. The summed E-state index contributed by atoms with van der Waals surface area (Å²) in [6.07, 6.45) is 3.60. The van der Waals surface area contributed by atoms with Crippen molar-refractivity contribution in [1.82, 2.24) is 9.80 Å². The number of carbonyl (C=O) groups excluding carboxylic acids is 4. The first kappa shape index (κ1) is 30.9. The van der Waals surface area contributed by atoms with Crippen molar-refractivity contribution in [2.24, 2.45) is 29.6 Å². The van der Waals surface area contributed by atoms with Gasteiger partial charge in [-0.05, 0) is 84.0 Å². The number of fused-ring (bicyclic) bond motifs is 5. The topological polar surface area (TPSA) is 135 Å². The molecule has 0 spiro atoms. The van der Waals surface area contributed by atoms with Gasteiger partial charge in [0.2, 0.25) is 23.6 Å². The first-order valence-corrected chi connectivity index (χ1v) is 16.9. The number of nitrogens with zero attached hydrogens (tertiary/aromatic N) is 2. The fourth-order valence-corrected chi connectivity index (χ4v) is 8.89. The zero-order valence-corrected chi connectivity index (χ0v) is 26.7. The molecule has 9 heteroatoms. The van der Waals surface area contributed by atoms with E-state index in [0.717, 1.165) is 27.6 Å². The van der Waals surface area contributed by atoms with Crippen LogP contribution in [0.2, 0.25) is 0 Å². The number of phenolic OH excluding ortho intramolecular Hbond substituents is 3. The van der Waals surface area contributed by atoms with Crippen LogP contribution < -0.4 is 0 Å². The summed E-state index contributed by atoms with van der Waals surface area (Å²) >= 11 is 0. The number of hydrogen-bond donors (Lipinski definition) is 3. The molecular formula is C40H36N2O7. The van der Waals surface area contributed by atoms with E-state index in [2.05, 4.69) is 0 Å². The summed E-state index contributed by atoms with van der Waals surface area (Å²) in [5, 5.41) is 31.5. The van der Waals surface area contributed by atoms with Crippen molar-refractivity contribution >= 4 is 34.4 Å². The van der Waals surface area contributed by atoms with Gasteiger partial charge >= 0.3 is 0 Å². The minimum atomic E-state index is -0.683. The summed E-state index contributed by atoms with van der Waals surface area (Å²) in [4.78, 5) is 59.3. The molecule has 4 aliphatic rings. The maximum atomic E-state index is 14.4. The van der Waals surface area contributed by atoms with E-state index in [-0.39, 0.29) is 54.0 Å². The third kappa shape index (κ3) is 5.07. The van der Waals surface area contributed by atoms with E-state index >= 15 is 0 Å². The van der Waals surface area contributed by atoms with Crippen molar-refractivity contribution in [3.05, 3.63) is 113 Å². The average molecular weight is 657 g/mol. The van der Waals surface area contributed by atoms with E-state index < -0.39 is 35.5 Å². The van der Waals surface area contributed by atoms with E-state index in [4.69, 9.17) is 0 Å². The van der Waals surface area contributed by atoms with Gasteiger partial charge in [-0.3, -0.25) is 29.0 Å². The maximum Gasteiger partial charge on any atom is 0.234 e. The van der Waals surface area contributed by atoms with Gasteiger partial charge < -0.3 is 15.3 Å². The van der Waals surface area contributed by atoms with Gasteiger partial charge in [0.1, 0.15) is 17.2 Å². The van der Waals surface area contributed by atoms with Gasteiger partial charge in [-0.2, -0.15) is 0 Å². The van der Waals surface area contributed by atoms with Crippen LogP contribution in [-0.2, 0) is 32.0 Å². The molecular weight excluding hydrogens is 620 g/mol. The summed E-state index contributed by atoms with van der Waals surface area (Å²) in [6, 6.07) is 24.3. The molecule has 3 fully saturated rings. The molecule has 1 saturated carbocycles. The number of hydrogen-bond acceptors (Lipinski definition) is 7. The standard InChI is InChI=1S/C40H36N2O7/c43-24-9-5-22(6-10-24)17-19-41-37(46)30-14-13-29-31(35(30)39(41)48)21-32-36(34(29)28-15-16-33(45)27-4-2-1-3-26(27)28)40(49)42(38(32)47)20-18-23-7-11-25(44)12-8-23/h1-13,15-16,30-32,34-36,43-45H,14,17-21H2/t30-,31+,32+,34-,35-,36+/m0/s1. The Bertz CT molecular complexity index is 2040. The number of allylic oxidation sites excluding steroid dienone is 2. The van der Waals surface area contributed by atoms with Gasteiger partial charge in [0.15, 0.2) is 0 Å². The second kappa shape index (κ2) is 11.9. The van der Waals surface area contributed by atoms with E-state index in [1.165, 1.54) is 9.80 Å². The second-order valence-electron chi connectivity index (χ2n) is 13.7. The number of phenols is 3. The number of benzene rings is 4. The van der Waals surface area contributed by atoms with Gasteiger partial charge in [-0.1, -0.05) is 66.2 Å². The molecule has 248 valence electrons. The van der Waals surface area contributed by atoms with Crippen molar-refractivity contribution in [1.29, 1.82) is 0 Å². The summed E-state index contributed by atoms with van der Waals surface area (Å²) in [5.74, 6) is -3.98. The van der Waals surface area contributed by atoms with Gasteiger partial charge in [-0.15, -0.1) is 0 Å². The lowest BCUT2D eigenvalue weighted by Crippen LogP contribution is -2.43. The SMILES string of the molecule is O=C1[C@H]2[C@H](CC=C3[C@H]2C[C@H]2C(=O)N(CCc4ccc(O)cc4)C(=O)[C@H]2[C@H]3c2ccc(O)c3ccccc23)C(=O)N1CCc1ccc(O)cc1. The Morgan fingerprint density at radius 1 is 0.571 bits per heavy atom. The van der Waals surface area contributed by atoms with Crippen LogP contribution in [0.4, 0.5) is 0 Å². The van der Waals surface area contributed by atoms with Gasteiger partial charge in [0.05, 0.1) is 23.7 Å². The molecule has 0 bridgehead atoms. The highest BCUT2D eigenvalue weighted by Gasteiger charge is 2.61. The maximum absolute atomic E-state index is 14.4. The molecule has 0 aromatic heterocycles. The lowest BCUT2D eigenvalue weighted by atomic mass is 9.57. The Hall–Kier alpha value is -5.44. The third-order valence-electron chi connectivity index (χ3n) is 11.2. The molecule has 2 saturated heterocycles. The minimum Gasteiger partial charge on any atom is -0.508 e. The van der Waals surface area contributed by atoms with Crippen LogP contribution in [0.1, 0.15) is 35.4 Å². The monoisotopic (exact) mass is 656 g/mol. The molecule has 2 aliphatic heterocycles. The number of rotatable bonds is 7. The highest BCUT2D eigenvalue weighted by molar-refractivity contribution is 6.08. The molecule has 0 radical (unpaired) electrons. The number of imide groups is 2. The number of aromatic hydroxyl groups is 3. The van der Waals surface area contributed by atoms with Crippen molar-refractivity contribution in [3.63, 3.8) is 0 Å². The summed E-state index contributed by atoms with van der Waals surface area (Å²) in [7, 11) is 0. The third-order valence-corrected chi connectivity index (χ3v) is 11.2. The fraction of sp³-hybridized carbons (Fsp3) is 0.300. The number of amides is 4. The van der Waals surface area contributed by atoms with E-state index in [1.54, 1.807) is 54.6 Å². The van der Waals surface area contributed by atoms with Gasteiger partial charge in [0, 0.05) is 24.4 Å². The smallest absolute Gasteiger partial charge is 0.234 e. The molecule has 2 heterocycles. The molecule has 0 unspecified atom stereocenters. The lowest BCUT2D eigenvalue weighted by Gasteiger charge is -2.44. The van der Waals surface area contributed by atoms with Crippen molar-refractivity contribution in [2.45, 2.75) is 31.6 Å². The molecule has 8 rings (SSSR count).